The molecule has 0 spiro atoms. The quantitative estimate of drug-likeness (QED) is 0.616. The minimum absolute atomic E-state index is 0.152. The van der Waals surface area contributed by atoms with Gasteiger partial charge in [-0.15, -0.1) is 11.3 Å². The number of rotatable bonds is 4. The Labute approximate surface area is 148 Å². The van der Waals surface area contributed by atoms with Crippen LogP contribution < -0.4 is 9.64 Å². The summed E-state index contributed by atoms with van der Waals surface area (Å²) in [5.74, 6) is 0.152. The van der Waals surface area contributed by atoms with E-state index in [1.54, 1.807) is 23.5 Å². The van der Waals surface area contributed by atoms with Crippen LogP contribution in [0.3, 0.4) is 0 Å². The van der Waals surface area contributed by atoms with Crippen LogP contribution in [0.25, 0.3) is 11.3 Å². The number of hydrogen-bond acceptors (Lipinski definition) is 4. The highest BCUT2D eigenvalue weighted by Crippen LogP contribution is 2.36. The molecule has 6 heteroatoms. The Bertz CT molecular complexity index is 864. The number of para-hydroxylation sites is 1. The molecule has 4 rings (SSSR count). The summed E-state index contributed by atoms with van der Waals surface area (Å²) in [6.45, 7) is -1.86. The molecule has 25 heavy (non-hydrogen) atoms. The maximum Gasteiger partial charge on any atom is 0.387 e. The summed E-state index contributed by atoms with van der Waals surface area (Å²) in [6.07, 6.45) is 2.20. The monoisotopic (exact) mass is 358 g/mol. The molecule has 0 unspecified atom stereocenters. The van der Waals surface area contributed by atoms with Crippen LogP contribution in [0.5, 0.6) is 5.75 Å². The predicted molar refractivity (Wildman–Crippen MR) is 96.0 cm³/mol. The van der Waals surface area contributed by atoms with E-state index in [1.165, 1.54) is 23.4 Å². The van der Waals surface area contributed by atoms with E-state index in [4.69, 9.17) is 4.98 Å². The van der Waals surface area contributed by atoms with Crippen molar-refractivity contribution >= 4 is 22.2 Å². The Morgan fingerprint density at radius 2 is 1.88 bits per heavy atom. The van der Waals surface area contributed by atoms with Crippen molar-refractivity contribution in [3.63, 3.8) is 0 Å². The van der Waals surface area contributed by atoms with Crippen LogP contribution in [0.15, 0.2) is 53.9 Å². The average molecular weight is 358 g/mol. The molecule has 0 fully saturated rings. The van der Waals surface area contributed by atoms with E-state index in [2.05, 4.69) is 27.8 Å². The molecule has 2 aromatic carbocycles. The molecule has 0 saturated carbocycles. The third kappa shape index (κ3) is 3.35. The number of alkyl halides is 2. The molecular weight excluding hydrogens is 342 g/mol. The fraction of sp³-hybridized carbons (Fsp3) is 0.211. The van der Waals surface area contributed by atoms with E-state index < -0.39 is 6.61 Å². The molecule has 1 aliphatic rings. The number of aromatic nitrogens is 1. The maximum atomic E-state index is 12.2. The molecule has 0 aliphatic carbocycles. The van der Waals surface area contributed by atoms with Crippen molar-refractivity contribution in [2.45, 2.75) is 19.5 Å². The van der Waals surface area contributed by atoms with Gasteiger partial charge in [0.15, 0.2) is 5.13 Å². The summed E-state index contributed by atoms with van der Waals surface area (Å²) in [5, 5.41) is 2.95. The lowest BCUT2D eigenvalue weighted by Gasteiger charge is -2.28. The lowest BCUT2D eigenvalue weighted by atomic mass is 10.0. The zero-order valence-electron chi connectivity index (χ0n) is 13.4. The van der Waals surface area contributed by atoms with Gasteiger partial charge < -0.3 is 9.64 Å². The summed E-state index contributed by atoms with van der Waals surface area (Å²) < 4.78 is 28.9. The Morgan fingerprint density at radius 1 is 1.08 bits per heavy atom. The van der Waals surface area contributed by atoms with Gasteiger partial charge in [-0.2, -0.15) is 8.78 Å². The first-order valence-corrected chi connectivity index (χ1v) is 8.95. The van der Waals surface area contributed by atoms with E-state index in [0.717, 1.165) is 35.8 Å². The lowest BCUT2D eigenvalue weighted by Crippen LogP contribution is -2.24. The highest BCUT2D eigenvalue weighted by atomic mass is 32.1. The first-order chi connectivity index (χ1) is 12.2. The molecule has 0 amide bonds. The molecular formula is C19H16F2N2OS. The Kier molecular flexibility index (Phi) is 4.36. The van der Waals surface area contributed by atoms with Crippen LogP contribution in [0, 0.1) is 0 Å². The predicted octanol–water partition coefficient (Wildman–Crippen LogP) is 5.50. The van der Waals surface area contributed by atoms with Gasteiger partial charge in [0, 0.05) is 23.2 Å². The number of anilines is 2. The fourth-order valence-electron chi connectivity index (χ4n) is 3.06. The van der Waals surface area contributed by atoms with Crippen molar-refractivity contribution in [3.8, 4) is 17.0 Å². The molecule has 0 saturated heterocycles. The van der Waals surface area contributed by atoms with Crippen molar-refractivity contribution < 1.29 is 13.5 Å². The van der Waals surface area contributed by atoms with E-state index >= 15 is 0 Å². The Balaban J connectivity index is 1.59. The number of benzene rings is 2. The maximum absolute atomic E-state index is 12.2. The second-order valence-corrected chi connectivity index (χ2v) is 6.64. The van der Waals surface area contributed by atoms with Crippen LogP contribution in [0.1, 0.15) is 12.0 Å². The fourth-order valence-corrected chi connectivity index (χ4v) is 3.93. The number of hydrogen-bond donors (Lipinski definition) is 0. The minimum Gasteiger partial charge on any atom is -0.435 e. The normalized spacial score (nSPS) is 13.8. The molecule has 3 nitrogen and oxygen atoms in total. The summed E-state index contributed by atoms with van der Waals surface area (Å²) >= 11 is 1.59. The third-order valence-electron chi connectivity index (χ3n) is 4.21. The summed E-state index contributed by atoms with van der Waals surface area (Å²) in [5.41, 5.74) is 4.29. The first-order valence-electron chi connectivity index (χ1n) is 8.07. The highest BCUT2D eigenvalue weighted by Gasteiger charge is 2.20. The molecule has 128 valence electrons. The molecule has 1 aliphatic heterocycles. The van der Waals surface area contributed by atoms with Gasteiger partial charge in [-0.1, -0.05) is 18.2 Å². The summed E-state index contributed by atoms with van der Waals surface area (Å²) in [7, 11) is 0. The largest absolute Gasteiger partial charge is 0.435 e. The van der Waals surface area contributed by atoms with Gasteiger partial charge in [0.25, 0.3) is 0 Å². The summed E-state index contributed by atoms with van der Waals surface area (Å²) in [4.78, 5) is 7.00. The molecule has 0 N–H and O–H groups in total. The number of ether oxygens (including phenoxy) is 1. The van der Waals surface area contributed by atoms with Crippen molar-refractivity contribution in [3.05, 3.63) is 59.5 Å². The van der Waals surface area contributed by atoms with Crippen LogP contribution in [0.4, 0.5) is 19.6 Å². The first kappa shape index (κ1) is 16.0. The van der Waals surface area contributed by atoms with Gasteiger partial charge in [-0.25, -0.2) is 4.98 Å². The molecule has 0 bridgehead atoms. The zero-order chi connectivity index (χ0) is 17.2. The van der Waals surface area contributed by atoms with Gasteiger partial charge in [0.05, 0.1) is 5.69 Å². The smallest absolute Gasteiger partial charge is 0.387 e. The van der Waals surface area contributed by atoms with Gasteiger partial charge >= 0.3 is 6.61 Å². The van der Waals surface area contributed by atoms with Crippen LogP contribution in [0.2, 0.25) is 0 Å². The number of nitrogens with zero attached hydrogens (tertiary/aromatic N) is 2. The van der Waals surface area contributed by atoms with Crippen molar-refractivity contribution in [1.82, 2.24) is 4.98 Å². The van der Waals surface area contributed by atoms with Crippen molar-refractivity contribution in [2.24, 2.45) is 0 Å². The SMILES string of the molecule is FC(F)Oc1ccc(-c2csc(N3CCCc4ccccc43)n2)cc1. The topological polar surface area (TPSA) is 25.4 Å². The van der Waals surface area contributed by atoms with Crippen molar-refractivity contribution in [1.29, 1.82) is 0 Å². The molecule has 0 radical (unpaired) electrons. The Morgan fingerprint density at radius 3 is 2.68 bits per heavy atom. The molecule has 3 aromatic rings. The van der Waals surface area contributed by atoms with Crippen LogP contribution in [-0.4, -0.2) is 18.1 Å². The number of aryl methyl sites for hydroxylation is 1. The number of halogens is 2. The second-order valence-electron chi connectivity index (χ2n) is 5.80. The van der Waals surface area contributed by atoms with E-state index in [-0.39, 0.29) is 5.75 Å². The van der Waals surface area contributed by atoms with Gasteiger partial charge in [0.1, 0.15) is 5.75 Å². The van der Waals surface area contributed by atoms with E-state index in [0.29, 0.717) is 0 Å². The summed E-state index contributed by atoms with van der Waals surface area (Å²) in [6, 6.07) is 15.0. The van der Waals surface area contributed by atoms with Gasteiger partial charge in [-0.3, -0.25) is 0 Å². The van der Waals surface area contributed by atoms with E-state index in [1.807, 2.05) is 11.4 Å². The molecule has 1 aromatic heterocycles. The number of thiazole rings is 1. The third-order valence-corrected chi connectivity index (χ3v) is 5.07. The molecule has 2 heterocycles. The van der Waals surface area contributed by atoms with Gasteiger partial charge in [-0.05, 0) is 48.7 Å². The van der Waals surface area contributed by atoms with E-state index in [9.17, 15) is 8.78 Å². The Hall–Kier alpha value is -2.47. The van der Waals surface area contributed by atoms with Crippen LogP contribution in [-0.2, 0) is 6.42 Å². The van der Waals surface area contributed by atoms with Gasteiger partial charge in [0.2, 0.25) is 0 Å². The standard InChI is InChI=1S/C19H16F2N2OS/c20-18(21)24-15-9-7-13(8-10-15)16-12-25-19(22-16)23-11-3-5-14-4-1-2-6-17(14)23/h1-2,4,6-10,12,18H,3,5,11H2. The zero-order valence-corrected chi connectivity index (χ0v) is 14.2. The lowest BCUT2D eigenvalue weighted by molar-refractivity contribution is -0.0498. The van der Waals surface area contributed by atoms with Crippen molar-refractivity contribution in [2.75, 3.05) is 11.4 Å². The van der Waals surface area contributed by atoms with Crippen LogP contribution >= 0.6 is 11.3 Å². The molecule has 0 atom stereocenters. The highest BCUT2D eigenvalue weighted by molar-refractivity contribution is 7.14. The minimum atomic E-state index is -2.81. The second kappa shape index (κ2) is 6.80. The average Bonchev–Trinajstić information content (AvgIpc) is 3.11. The number of fused-ring (bicyclic) bond motifs is 1.